The van der Waals surface area contributed by atoms with Crippen molar-refractivity contribution < 1.29 is 4.74 Å². The maximum atomic E-state index is 5.55. The van der Waals surface area contributed by atoms with Crippen LogP contribution >= 0.6 is 0 Å². The Morgan fingerprint density at radius 3 is 1.83 bits per heavy atom. The van der Waals surface area contributed by atoms with Crippen LogP contribution in [-0.4, -0.2) is 7.11 Å². The molecule has 0 aromatic heterocycles. The molecule has 0 aliphatic rings. The number of ether oxygens (including phenoxy) is 1. The first-order chi connectivity index (χ1) is 8.81. The van der Waals surface area contributed by atoms with E-state index in [4.69, 9.17) is 4.74 Å². The lowest BCUT2D eigenvalue weighted by Crippen LogP contribution is -1.98. The van der Waals surface area contributed by atoms with Gasteiger partial charge >= 0.3 is 0 Å². The molecule has 0 fully saturated rings. The van der Waals surface area contributed by atoms with Gasteiger partial charge in [0.1, 0.15) is 0 Å². The summed E-state index contributed by atoms with van der Waals surface area (Å²) in [5.74, 6) is 0. The summed E-state index contributed by atoms with van der Waals surface area (Å²) in [6, 6.07) is 19.2. The minimum absolute atomic E-state index is 0.0981. The molecule has 0 saturated heterocycles. The average molecular weight is 236 g/mol. The third kappa shape index (κ3) is 1.68. The Hall–Kier alpha value is -1.86. The molecule has 0 N–H and O–H groups in total. The zero-order chi connectivity index (χ0) is 12.5. The van der Waals surface area contributed by atoms with E-state index in [1.54, 1.807) is 7.11 Å². The Morgan fingerprint density at radius 1 is 0.833 bits per heavy atom. The Morgan fingerprint density at radius 2 is 1.33 bits per heavy atom. The van der Waals surface area contributed by atoms with Crippen LogP contribution in [0.2, 0.25) is 0 Å². The largest absolute Gasteiger partial charge is 0.377 e. The van der Waals surface area contributed by atoms with Crippen molar-refractivity contribution in [2.24, 2.45) is 0 Å². The number of benzene rings is 3. The van der Waals surface area contributed by atoms with Gasteiger partial charge in [0.25, 0.3) is 0 Å². The molecule has 0 unspecified atom stereocenters. The van der Waals surface area contributed by atoms with Gasteiger partial charge < -0.3 is 4.74 Å². The van der Waals surface area contributed by atoms with E-state index in [0.717, 1.165) is 0 Å². The quantitative estimate of drug-likeness (QED) is 0.586. The van der Waals surface area contributed by atoms with E-state index in [-0.39, 0.29) is 6.10 Å². The number of methoxy groups -OCH3 is 1. The molecule has 3 aromatic rings. The third-order valence-corrected chi connectivity index (χ3v) is 3.57. The number of hydrogen-bond donors (Lipinski definition) is 0. The highest BCUT2D eigenvalue weighted by atomic mass is 16.5. The van der Waals surface area contributed by atoms with Crippen molar-refractivity contribution in [3.8, 4) is 0 Å². The highest BCUT2D eigenvalue weighted by Crippen LogP contribution is 2.33. The molecule has 0 spiro atoms. The van der Waals surface area contributed by atoms with E-state index in [1.807, 2.05) is 0 Å². The van der Waals surface area contributed by atoms with Crippen molar-refractivity contribution in [3.05, 3.63) is 60.2 Å². The molecule has 1 heteroatoms. The molecule has 1 nitrogen and oxygen atoms in total. The van der Waals surface area contributed by atoms with Crippen LogP contribution in [0.1, 0.15) is 18.6 Å². The lowest BCUT2D eigenvalue weighted by atomic mass is 9.94. The van der Waals surface area contributed by atoms with Crippen LogP contribution in [0.3, 0.4) is 0 Å². The summed E-state index contributed by atoms with van der Waals surface area (Å²) in [6.07, 6.45) is 0.0981. The first kappa shape index (κ1) is 11.2. The Labute approximate surface area is 107 Å². The van der Waals surface area contributed by atoms with E-state index in [9.17, 15) is 0 Å². The lowest BCUT2D eigenvalue weighted by Gasteiger charge is -2.16. The first-order valence-corrected chi connectivity index (χ1v) is 6.24. The highest BCUT2D eigenvalue weighted by Gasteiger charge is 2.12. The van der Waals surface area contributed by atoms with Crippen molar-refractivity contribution in [1.29, 1.82) is 0 Å². The number of fused-ring (bicyclic) bond motifs is 2. The Bertz CT molecular complexity index is 646. The topological polar surface area (TPSA) is 9.23 Å². The van der Waals surface area contributed by atoms with Crippen LogP contribution in [0.25, 0.3) is 21.5 Å². The predicted octanol–water partition coefficient (Wildman–Crippen LogP) is 4.70. The minimum Gasteiger partial charge on any atom is -0.377 e. The highest BCUT2D eigenvalue weighted by molar-refractivity contribution is 6.02. The van der Waals surface area contributed by atoms with Gasteiger partial charge in [0.05, 0.1) is 6.10 Å². The maximum Gasteiger partial charge on any atom is 0.0805 e. The summed E-state index contributed by atoms with van der Waals surface area (Å²) >= 11 is 0. The SMILES string of the molecule is CO[C@H](C)c1c2ccccc2cc2ccccc12. The summed E-state index contributed by atoms with van der Waals surface area (Å²) in [4.78, 5) is 0. The van der Waals surface area contributed by atoms with Gasteiger partial charge in [-0.15, -0.1) is 0 Å². The van der Waals surface area contributed by atoms with Crippen molar-refractivity contribution in [1.82, 2.24) is 0 Å². The van der Waals surface area contributed by atoms with Gasteiger partial charge in [-0.1, -0.05) is 48.5 Å². The van der Waals surface area contributed by atoms with Gasteiger partial charge in [0.2, 0.25) is 0 Å². The summed E-state index contributed by atoms with van der Waals surface area (Å²) < 4.78 is 5.55. The fraction of sp³-hybridized carbons (Fsp3) is 0.176. The molecule has 0 saturated carbocycles. The fourth-order valence-corrected chi connectivity index (χ4v) is 2.60. The minimum atomic E-state index is 0.0981. The van der Waals surface area contributed by atoms with Crippen molar-refractivity contribution in [2.75, 3.05) is 7.11 Å². The molecule has 0 aliphatic carbocycles. The van der Waals surface area contributed by atoms with E-state index in [2.05, 4.69) is 61.5 Å². The van der Waals surface area contributed by atoms with Crippen LogP contribution in [0.15, 0.2) is 54.6 Å². The molecular weight excluding hydrogens is 220 g/mol. The zero-order valence-electron chi connectivity index (χ0n) is 10.7. The number of rotatable bonds is 2. The molecule has 90 valence electrons. The molecule has 3 aromatic carbocycles. The van der Waals surface area contributed by atoms with Crippen molar-refractivity contribution in [2.45, 2.75) is 13.0 Å². The van der Waals surface area contributed by atoms with E-state index in [1.165, 1.54) is 27.1 Å². The van der Waals surface area contributed by atoms with E-state index >= 15 is 0 Å². The van der Waals surface area contributed by atoms with Crippen molar-refractivity contribution in [3.63, 3.8) is 0 Å². The Kier molecular flexibility index (Phi) is 2.77. The van der Waals surface area contributed by atoms with Gasteiger partial charge in [-0.05, 0) is 40.1 Å². The lowest BCUT2D eigenvalue weighted by molar-refractivity contribution is 0.122. The molecule has 0 bridgehead atoms. The Balaban J connectivity index is 2.49. The van der Waals surface area contributed by atoms with Gasteiger partial charge in [-0.25, -0.2) is 0 Å². The van der Waals surface area contributed by atoms with Crippen LogP contribution in [0.4, 0.5) is 0 Å². The summed E-state index contributed by atoms with van der Waals surface area (Å²) in [7, 11) is 1.77. The summed E-state index contributed by atoms with van der Waals surface area (Å²) in [6.45, 7) is 2.11. The predicted molar refractivity (Wildman–Crippen MR) is 76.9 cm³/mol. The van der Waals surface area contributed by atoms with Crippen LogP contribution in [-0.2, 0) is 4.74 Å². The average Bonchev–Trinajstić information content (AvgIpc) is 2.44. The van der Waals surface area contributed by atoms with Crippen LogP contribution in [0.5, 0.6) is 0 Å². The smallest absolute Gasteiger partial charge is 0.0805 e. The summed E-state index contributed by atoms with van der Waals surface area (Å²) in [5.41, 5.74) is 1.28. The number of hydrogen-bond acceptors (Lipinski definition) is 1. The molecule has 18 heavy (non-hydrogen) atoms. The maximum absolute atomic E-state index is 5.55. The third-order valence-electron chi connectivity index (χ3n) is 3.57. The standard InChI is InChI=1S/C17H16O/c1-12(18-2)17-15-9-5-3-7-13(15)11-14-8-4-6-10-16(14)17/h3-12H,1-2H3/t12-/m1/s1. The summed E-state index contributed by atoms with van der Waals surface area (Å²) in [5, 5.41) is 5.11. The molecule has 0 amide bonds. The second-order valence-corrected chi connectivity index (χ2v) is 4.61. The van der Waals surface area contributed by atoms with Gasteiger partial charge in [-0.2, -0.15) is 0 Å². The van der Waals surface area contributed by atoms with Crippen LogP contribution in [0, 0.1) is 0 Å². The molecular formula is C17H16O. The second kappa shape index (κ2) is 4.43. The van der Waals surface area contributed by atoms with E-state index < -0.39 is 0 Å². The fourth-order valence-electron chi connectivity index (χ4n) is 2.60. The first-order valence-electron chi connectivity index (χ1n) is 6.24. The van der Waals surface area contributed by atoms with Gasteiger partial charge in [-0.3, -0.25) is 0 Å². The molecule has 0 heterocycles. The molecule has 0 radical (unpaired) electrons. The van der Waals surface area contributed by atoms with Crippen molar-refractivity contribution >= 4 is 21.5 Å². The molecule has 3 rings (SSSR count). The zero-order valence-corrected chi connectivity index (χ0v) is 10.7. The second-order valence-electron chi connectivity index (χ2n) is 4.61. The van der Waals surface area contributed by atoms with E-state index in [0.29, 0.717) is 0 Å². The monoisotopic (exact) mass is 236 g/mol. The molecule has 0 aliphatic heterocycles. The normalized spacial score (nSPS) is 13.0. The van der Waals surface area contributed by atoms with Gasteiger partial charge in [0, 0.05) is 7.11 Å². The van der Waals surface area contributed by atoms with Gasteiger partial charge in [0.15, 0.2) is 0 Å². The molecule has 1 atom stereocenters. The van der Waals surface area contributed by atoms with Crippen LogP contribution < -0.4 is 0 Å².